The Morgan fingerprint density at radius 1 is 1.14 bits per heavy atom. The first-order valence-corrected chi connectivity index (χ1v) is 11.8. The van der Waals surface area contributed by atoms with E-state index in [4.69, 9.17) is 4.74 Å². The van der Waals surface area contributed by atoms with Crippen LogP contribution >= 0.6 is 0 Å². The lowest BCUT2D eigenvalue weighted by Gasteiger charge is -2.41. The summed E-state index contributed by atoms with van der Waals surface area (Å²) < 4.78 is 23.0. The summed E-state index contributed by atoms with van der Waals surface area (Å²) in [6.45, 7) is 9.19. The Morgan fingerprint density at radius 2 is 1.92 bits per heavy atom. The van der Waals surface area contributed by atoms with E-state index in [0.29, 0.717) is 36.2 Å². The largest absolute Gasteiger partial charge is 0.444 e. The molecule has 0 spiro atoms. The molecule has 1 saturated heterocycles. The van der Waals surface area contributed by atoms with Gasteiger partial charge in [0.2, 0.25) is 0 Å². The number of carbonyl (C=O) groups excluding carboxylic acids is 1. The van der Waals surface area contributed by atoms with Crippen LogP contribution in [0.4, 0.5) is 14.9 Å². The number of aromatic nitrogens is 5. The van der Waals surface area contributed by atoms with Crippen LogP contribution in [-0.2, 0) is 11.8 Å². The maximum atomic E-state index is 14.6. The van der Waals surface area contributed by atoms with E-state index in [1.165, 1.54) is 15.1 Å². The van der Waals surface area contributed by atoms with Crippen molar-refractivity contribution in [2.45, 2.75) is 39.3 Å². The molecule has 0 unspecified atom stereocenters. The lowest BCUT2D eigenvalue weighted by molar-refractivity contribution is 0.0159. The zero-order valence-electron chi connectivity index (χ0n) is 20.9. The molecule has 0 aliphatic carbocycles. The molecule has 1 amide bonds. The van der Waals surface area contributed by atoms with Crippen molar-refractivity contribution in [3.8, 4) is 11.4 Å². The van der Waals surface area contributed by atoms with Crippen LogP contribution in [0.1, 0.15) is 27.7 Å². The van der Waals surface area contributed by atoms with Crippen LogP contribution in [0.3, 0.4) is 0 Å². The number of carbonyl (C=O) groups is 1. The lowest BCUT2D eigenvalue weighted by atomic mass is 10.1. The first-order chi connectivity index (χ1) is 17.0. The molecule has 1 aliphatic rings. The number of benzene rings is 1. The third-order valence-electron chi connectivity index (χ3n) is 6.09. The average Bonchev–Trinajstić information content (AvgIpc) is 3.18. The summed E-state index contributed by atoms with van der Waals surface area (Å²) in [7, 11) is 1.72. The van der Waals surface area contributed by atoms with E-state index in [2.05, 4.69) is 20.0 Å². The standard InChI is InChI=1S/C25H28FN7O3/c1-15-12-31(8-9-32(15)24(35)36-25(2,3)4)18-6-7-20-27-22(28-23(34)33(20)14-18)16-10-17-13-30(5)29-21(17)19(26)11-16/h6-7,10-11,13-15H,8-9,12H2,1-5H3/t15-/m0/s1. The van der Waals surface area contributed by atoms with Gasteiger partial charge in [-0.1, -0.05) is 0 Å². The minimum Gasteiger partial charge on any atom is -0.444 e. The molecule has 10 nitrogen and oxygen atoms in total. The minimum absolute atomic E-state index is 0.0723. The van der Waals surface area contributed by atoms with Crippen LogP contribution in [-0.4, -0.2) is 66.4 Å². The van der Waals surface area contributed by atoms with Gasteiger partial charge in [0.15, 0.2) is 11.6 Å². The third-order valence-corrected chi connectivity index (χ3v) is 6.09. The molecule has 1 aromatic carbocycles. The number of nitrogens with zero attached hydrogens (tertiary/aromatic N) is 7. The number of ether oxygens (including phenoxy) is 1. The monoisotopic (exact) mass is 493 g/mol. The van der Waals surface area contributed by atoms with Gasteiger partial charge < -0.3 is 14.5 Å². The molecular weight excluding hydrogens is 465 g/mol. The Hall–Kier alpha value is -4.02. The molecule has 4 aromatic rings. The normalized spacial score (nSPS) is 16.7. The molecule has 1 fully saturated rings. The fourth-order valence-electron chi connectivity index (χ4n) is 4.45. The smallest absolute Gasteiger partial charge is 0.410 e. The zero-order valence-corrected chi connectivity index (χ0v) is 20.9. The van der Waals surface area contributed by atoms with Crippen molar-refractivity contribution >= 4 is 28.3 Å². The Morgan fingerprint density at radius 3 is 2.64 bits per heavy atom. The lowest BCUT2D eigenvalue weighted by Crippen LogP contribution is -2.55. The number of amides is 1. The highest BCUT2D eigenvalue weighted by molar-refractivity contribution is 5.83. The van der Waals surface area contributed by atoms with Gasteiger partial charge in [0.1, 0.15) is 16.8 Å². The number of rotatable bonds is 2. The molecule has 1 atom stereocenters. The predicted molar refractivity (Wildman–Crippen MR) is 134 cm³/mol. The highest BCUT2D eigenvalue weighted by Gasteiger charge is 2.31. The van der Waals surface area contributed by atoms with Crippen molar-refractivity contribution in [3.63, 3.8) is 0 Å². The molecule has 4 heterocycles. The molecule has 0 N–H and O–H groups in total. The van der Waals surface area contributed by atoms with Crippen molar-refractivity contribution in [1.82, 2.24) is 29.0 Å². The summed E-state index contributed by atoms with van der Waals surface area (Å²) in [4.78, 5) is 37.9. The van der Waals surface area contributed by atoms with E-state index < -0.39 is 17.1 Å². The number of piperazine rings is 1. The molecule has 188 valence electrons. The second-order valence-corrected chi connectivity index (χ2v) is 10.1. The maximum Gasteiger partial charge on any atom is 0.410 e. The number of aryl methyl sites for hydroxylation is 1. The van der Waals surface area contributed by atoms with E-state index in [1.54, 1.807) is 36.5 Å². The van der Waals surface area contributed by atoms with Gasteiger partial charge in [-0.25, -0.2) is 23.4 Å². The molecule has 3 aromatic heterocycles. The SMILES string of the molecule is C[C@H]1CN(c2ccc3nc(-c4cc(F)c5nn(C)cc5c4)nc(=O)n3c2)CCN1C(=O)OC(C)(C)C. The maximum absolute atomic E-state index is 14.6. The van der Waals surface area contributed by atoms with Gasteiger partial charge in [0.25, 0.3) is 0 Å². The van der Waals surface area contributed by atoms with E-state index in [1.807, 2.05) is 33.8 Å². The molecular formula is C25H28FN7O3. The molecule has 0 radical (unpaired) electrons. The second kappa shape index (κ2) is 8.58. The van der Waals surface area contributed by atoms with Gasteiger partial charge in [-0.15, -0.1) is 0 Å². The Kier molecular flexibility index (Phi) is 5.65. The van der Waals surface area contributed by atoms with Crippen molar-refractivity contribution in [2.24, 2.45) is 7.05 Å². The van der Waals surface area contributed by atoms with Gasteiger partial charge in [-0.3, -0.25) is 4.68 Å². The summed E-state index contributed by atoms with van der Waals surface area (Å²) in [5, 5.41) is 4.71. The van der Waals surface area contributed by atoms with Crippen LogP contribution < -0.4 is 10.6 Å². The van der Waals surface area contributed by atoms with E-state index in [0.717, 1.165) is 5.69 Å². The van der Waals surface area contributed by atoms with Crippen molar-refractivity contribution in [3.05, 3.63) is 53.0 Å². The Balaban J connectivity index is 1.41. The minimum atomic E-state index is -0.554. The predicted octanol–water partition coefficient (Wildman–Crippen LogP) is 3.23. The van der Waals surface area contributed by atoms with Crippen molar-refractivity contribution in [2.75, 3.05) is 24.5 Å². The summed E-state index contributed by atoms with van der Waals surface area (Å²) >= 11 is 0. The highest BCUT2D eigenvalue weighted by Crippen LogP contribution is 2.25. The number of pyridine rings is 1. The van der Waals surface area contributed by atoms with Gasteiger partial charge >= 0.3 is 11.8 Å². The molecule has 36 heavy (non-hydrogen) atoms. The summed E-state index contributed by atoms with van der Waals surface area (Å²) in [5.74, 6) is -0.348. The summed E-state index contributed by atoms with van der Waals surface area (Å²) in [5.41, 5.74) is 0.819. The van der Waals surface area contributed by atoms with Crippen LogP contribution in [0.5, 0.6) is 0 Å². The van der Waals surface area contributed by atoms with Crippen molar-refractivity contribution < 1.29 is 13.9 Å². The van der Waals surface area contributed by atoms with Crippen molar-refractivity contribution in [1.29, 1.82) is 0 Å². The van der Waals surface area contributed by atoms with E-state index in [9.17, 15) is 14.0 Å². The van der Waals surface area contributed by atoms with Crippen LogP contribution in [0, 0.1) is 5.82 Å². The molecule has 11 heteroatoms. The Bertz CT molecular complexity index is 1540. The topological polar surface area (TPSA) is 97.9 Å². The van der Waals surface area contributed by atoms with Gasteiger partial charge in [0.05, 0.1) is 5.69 Å². The quantitative estimate of drug-likeness (QED) is 0.423. The molecule has 0 bridgehead atoms. The fourth-order valence-corrected chi connectivity index (χ4v) is 4.45. The average molecular weight is 494 g/mol. The zero-order chi connectivity index (χ0) is 25.8. The molecule has 1 aliphatic heterocycles. The second-order valence-electron chi connectivity index (χ2n) is 10.1. The summed E-state index contributed by atoms with van der Waals surface area (Å²) in [6, 6.07) is 6.56. The van der Waals surface area contributed by atoms with Gasteiger partial charge in [-0.2, -0.15) is 10.1 Å². The number of hydrogen-bond acceptors (Lipinski definition) is 7. The van der Waals surface area contributed by atoms with E-state index in [-0.39, 0.29) is 23.5 Å². The molecule has 5 rings (SSSR count). The Labute approximate surface area is 206 Å². The van der Waals surface area contributed by atoms with Crippen LogP contribution in [0.15, 0.2) is 41.5 Å². The number of halogens is 1. The van der Waals surface area contributed by atoms with E-state index >= 15 is 0 Å². The van der Waals surface area contributed by atoms with Gasteiger partial charge in [-0.05, 0) is 52.0 Å². The number of hydrogen-bond donors (Lipinski definition) is 0. The highest BCUT2D eigenvalue weighted by atomic mass is 19.1. The third kappa shape index (κ3) is 4.48. The van der Waals surface area contributed by atoms with Crippen LogP contribution in [0.2, 0.25) is 0 Å². The fraction of sp³-hybridized carbons (Fsp3) is 0.400. The number of fused-ring (bicyclic) bond motifs is 2. The summed E-state index contributed by atoms with van der Waals surface area (Å²) in [6.07, 6.45) is 3.07. The van der Waals surface area contributed by atoms with Gasteiger partial charge in [0, 0.05) is 56.1 Å². The first-order valence-electron chi connectivity index (χ1n) is 11.8. The first kappa shape index (κ1) is 23.7. The van der Waals surface area contributed by atoms with Crippen LogP contribution in [0.25, 0.3) is 27.9 Å². The molecule has 0 saturated carbocycles. The number of anilines is 1.